The molecule has 0 saturated heterocycles. The molecule has 1 aliphatic heterocycles. The van der Waals surface area contributed by atoms with Crippen LogP contribution in [0.15, 0.2) is 149 Å². The zero-order chi connectivity index (χ0) is 34.6. The Morgan fingerprint density at radius 3 is 2.37 bits per heavy atom. The van der Waals surface area contributed by atoms with Crippen LogP contribution < -0.4 is 4.90 Å². The second kappa shape index (κ2) is 11.2. The molecule has 2 heterocycles. The van der Waals surface area contributed by atoms with Gasteiger partial charge in [-0.3, -0.25) is 0 Å². The first-order valence-electron chi connectivity index (χ1n) is 18.5. The molecule has 3 heteroatoms. The minimum atomic E-state index is -0.0843. The molecule has 1 aromatic heterocycles. The maximum absolute atomic E-state index is 6.48. The van der Waals surface area contributed by atoms with E-state index in [0.717, 1.165) is 36.3 Å². The zero-order valence-electron chi connectivity index (χ0n) is 29.3. The normalized spacial score (nSPS) is 17.4. The van der Waals surface area contributed by atoms with E-state index in [1.54, 1.807) is 0 Å². The minimum absolute atomic E-state index is 0.0843. The van der Waals surface area contributed by atoms with Gasteiger partial charge < -0.3 is 9.32 Å². The summed E-state index contributed by atoms with van der Waals surface area (Å²) < 4.78 is 6.48. The second-order valence-corrected chi connectivity index (χ2v) is 16.3. The fourth-order valence-corrected chi connectivity index (χ4v) is 10.6. The van der Waals surface area contributed by atoms with Gasteiger partial charge in [-0.2, -0.15) is 0 Å². The number of furan rings is 1. The number of rotatable bonds is 4. The summed E-state index contributed by atoms with van der Waals surface area (Å²) in [4.78, 5) is 3.83. The van der Waals surface area contributed by atoms with Crippen molar-refractivity contribution >= 4 is 62.2 Å². The first-order valence-corrected chi connectivity index (χ1v) is 19.4. The smallest absolute Gasteiger partial charge is 0.136 e. The van der Waals surface area contributed by atoms with Crippen molar-refractivity contribution in [2.75, 3.05) is 4.90 Å². The molecule has 4 aliphatic rings. The Bertz CT molecular complexity index is 2720. The molecule has 52 heavy (non-hydrogen) atoms. The van der Waals surface area contributed by atoms with E-state index in [2.05, 4.69) is 164 Å². The molecular formula is C49H37NOS. The molecule has 0 radical (unpaired) electrons. The van der Waals surface area contributed by atoms with Crippen molar-refractivity contribution < 1.29 is 4.42 Å². The number of hydrogen-bond donors (Lipinski definition) is 0. The van der Waals surface area contributed by atoms with Gasteiger partial charge in [0.15, 0.2) is 0 Å². The third kappa shape index (κ3) is 4.39. The SMILES string of the molecule is CC1(C)c2ccccc2-c2ccc(N(c3ccc(-c4cc5oc6c(c5c5ccccc45)CCC=C6)cc3)c3ccc4c(c3)C3=CC=CCC3S4)cc21. The van der Waals surface area contributed by atoms with Crippen LogP contribution in [0, 0.1) is 0 Å². The number of thioether (sulfide) groups is 1. The molecule has 0 fully saturated rings. The highest BCUT2D eigenvalue weighted by Gasteiger charge is 2.36. The molecule has 1 unspecified atom stereocenters. The lowest BCUT2D eigenvalue weighted by Gasteiger charge is -2.28. The fourth-order valence-electron chi connectivity index (χ4n) is 9.27. The van der Waals surface area contributed by atoms with Gasteiger partial charge in [0.1, 0.15) is 11.3 Å². The highest BCUT2D eigenvalue weighted by Crippen LogP contribution is 2.53. The van der Waals surface area contributed by atoms with Gasteiger partial charge in [0, 0.05) is 43.6 Å². The highest BCUT2D eigenvalue weighted by atomic mass is 32.2. The van der Waals surface area contributed by atoms with Crippen LogP contribution in [0.1, 0.15) is 54.7 Å². The van der Waals surface area contributed by atoms with Crippen molar-refractivity contribution in [1.29, 1.82) is 0 Å². The predicted octanol–water partition coefficient (Wildman–Crippen LogP) is 13.8. The van der Waals surface area contributed by atoms with Crippen molar-refractivity contribution in [3.63, 3.8) is 0 Å². The quantitative estimate of drug-likeness (QED) is 0.183. The number of anilines is 3. The molecular weight excluding hydrogens is 651 g/mol. The van der Waals surface area contributed by atoms with Crippen molar-refractivity contribution in [3.05, 3.63) is 168 Å². The summed E-state index contributed by atoms with van der Waals surface area (Å²) in [5.41, 5.74) is 16.4. The summed E-state index contributed by atoms with van der Waals surface area (Å²) in [6.45, 7) is 4.73. The van der Waals surface area contributed by atoms with Crippen LogP contribution in [0.3, 0.4) is 0 Å². The number of fused-ring (bicyclic) bond motifs is 11. The van der Waals surface area contributed by atoms with Crippen LogP contribution >= 0.6 is 11.8 Å². The van der Waals surface area contributed by atoms with Crippen molar-refractivity contribution in [1.82, 2.24) is 0 Å². The predicted molar refractivity (Wildman–Crippen MR) is 220 cm³/mol. The molecule has 11 rings (SSSR count). The average Bonchev–Trinajstić information content (AvgIpc) is 3.83. The Balaban J connectivity index is 1.06. The highest BCUT2D eigenvalue weighted by molar-refractivity contribution is 8.00. The number of allylic oxidation sites excluding steroid dienone is 4. The standard InChI is InChI=1S/C49H37NOS/c1-49(2)42-16-8-5-12-35(42)36-25-23-33(28-43(36)49)50(32-24-26-47-41(27-32)37-13-7-10-18-46(37)52-47)31-21-19-30(20-22-31)40-29-45-48(38-14-4-3-11-34(38)40)39-15-6-9-17-44(39)51-45/h3-5,7-14,16-17,19-29,46H,6,15,18H2,1-2H3. The molecule has 0 amide bonds. The maximum atomic E-state index is 6.48. The van der Waals surface area contributed by atoms with Crippen LogP contribution in [0.5, 0.6) is 0 Å². The summed E-state index contributed by atoms with van der Waals surface area (Å²) in [5, 5.41) is 4.30. The van der Waals surface area contributed by atoms with Gasteiger partial charge in [-0.25, -0.2) is 0 Å². The van der Waals surface area contributed by atoms with Crippen LogP contribution in [-0.4, -0.2) is 5.25 Å². The Morgan fingerprint density at radius 1 is 0.692 bits per heavy atom. The number of benzene rings is 6. The van der Waals surface area contributed by atoms with Gasteiger partial charge >= 0.3 is 0 Å². The van der Waals surface area contributed by atoms with Gasteiger partial charge in [-0.05, 0) is 129 Å². The van der Waals surface area contributed by atoms with E-state index < -0.39 is 0 Å². The summed E-state index contributed by atoms with van der Waals surface area (Å²) in [6.07, 6.45) is 14.4. The minimum Gasteiger partial charge on any atom is -0.456 e. The molecule has 6 aromatic carbocycles. The molecule has 0 spiro atoms. The van der Waals surface area contributed by atoms with Gasteiger partial charge in [0.25, 0.3) is 0 Å². The van der Waals surface area contributed by atoms with Crippen LogP contribution in [-0.2, 0) is 11.8 Å². The molecule has 0 saturated carbocycles. The molecule has 1 atom stereocenters. The summed E-state index contributed by atoms with van der Waals surface area (Å²) >= 11 is 2.00. The second-order valence-electron chi connectivity index (χ2n) is 15.1. The number of aryl methyl sites for hydroxylation is 1. The summed E-state index contributed by atoms with van der Waals surface area (Å²) in [7, 11) is 0. The van der Waals surface area contributed by atoms with Gasteiger partial charge in [0.2, 0.25) is 0 Å². The van der Waals surface area contributed by atoms with E-state index in [1.165, 1.54) is 82.5 Å². The van der Waals surface area contributed by atoms with E-state index in [0.29, 0.717) is 5.25 Å². The fraction of sp³-hybridized carbons (Fsp3) is 0.143. The third-order valence-corrected chi connectivity index (χ3v) is 13.2. The lowest BCUT2D eigenvalue weighted by molar-refractivity contribution is 0.595. The lowest BCUT2D eigenvalue weighted by Crippen LogP contribution is -2.16. The third-order valence-electron chi connectivity index (χ3n) is 11.8. The van der Waals surface area contributed by atoms with E-state index >= 15 is 0 Å². The monoisotopic (exact) mass is 687 g/mol. The van der Waals surface area contributed by atoms with Crippen molar-refractivity contribution in [2.24, 2.45) is 0 Å². The van der Waals surface area contributed by atoms with Crippen molar-refractivity contribution in [2.45, 2.75) is 48.7 Å². The van der Waals surface area contributed by atoms with Gasteiger partial charge in [-0.15, -0.1) is 11.8 Å². The van der Waals surface area contributed by atoms with E-state index in [9.17, 15) is 0 Å². The first kappa shape index (κ1) is 30.1. The molecule has 0 bridgehead atoms. The zero-order valence-corrected chi connectivity index (χ0v) is 30.1. The van der Waals surface area contributed by atoms with Crippen LogP contribution in [0.4, 0.5) is 17.1 Å². The average molecular weight is 688 g/mol. The molecule has 3 aliphatic carbocycles. The van der Waals surface area contributed by atoms with Gasteiger partial charge in [-0.1, -0.05) is 105 Å². The molecule has 7 aromatic rings. The van der Waals surface area contributed by atoms with Crippen LogP contribution in [0.2, 0.25) is 0 Å². The molecule has 2 nitrogen and oxygen atoms in total. The summed E-state index contributed by atoms with van der Waals surface area (Å²) in [5.74, 6) is 1.01. The van der Waals surface area contributed by atoms with Gasteiger partial charge in [0.05, 0.1) is 0 Å². The molecule has 250 valence electrons. The Kier molecular flexibility index (Phi) is 6.52. The number of hydrogen-bond acceptors (Lipinski definition) is 3. The first-order chi connectivity index (χ1) is 25.5. The Labute approximate surface area is 308 Å². The Hall–Kier alpha value is -5.51. The van der Waals surface area contributed by atoms with E-state index in [1.807, 2.05) is 11.8 Å². The van der Waals surface area contributed by atoms with Crippen molar-refractivity contribution in [3.8, 4) is 22.3 Å². The van der Waals surface area contributed by atoms with Crippen LogP contribution in [0.25, 0.3) is 55.6 Å². The Morgan fingerprint density at radius 2 is 1.46 bits per heavy atom. The maximum Gasteiger partial charge on any atom is 0.136 e. The lowest BCUT2D eigenvalue weighted by atomic mass is 9.82. The van der Waals surface area contributed by atoms with E-state index in [4.69, 9.17) is 4.42 Å². The van der Waals surface area contributed by atoms with E-state index in [-0.39, 0.29) is 5.41 Å². The number of nitrogens with zero attached hydrogens (tertiary/aromatic N) is 1. The largest absolute Gasteiger partial charge is 0.456 e. The topological polar surface area (TPSA) is 16.4 Å². The molecule has 0 N–H and O–H groups in total. The summed E-state index contributed by atoms with van der Waals surface area (Å²) in [6, 6.07) is 43.3.